The molecule has 3 N–H and O–H groups in total. The fourth-order valence-corrected chi connectivity index (χ4v) is 4.43. The lowest BCUT2D eigenvalue weighted by molar-refractivity contribution is -0.128. The monoisotopic (exact) mass is 250 g/mol. The summed E-state index contributed by atoms with van der Waals surface area (Å²) < 4.78 is 0. The van der Waals surface area contributed by atoms with Crippen molar-refractivity contribution >= 4 is 5.91 Å². The van der Waals surface area contributed by atoms with Crippen molar-refractivity contribution in [2.45, 2.75) is 64.0 Å². The summed E-state index contributed by atoms with van der Waals surface area (Å²) in [7, 11) is 0. The molecule has 0 heterocycles. The number of hydrogen-bond acceptors (Lipinski definition) is 2. The highest BCUT2D eigenvalue weighted by Crippen LogP contribution is 2.44. The molecule has 1 amide bonds. The van der Waals surface area contributed by atoms with Crippen LogP contribution in [0.25, 0.3) is 0 Å². The highest BCUT2D eigenvalue weighted by molar-refractivity contribution is 5.79. The first kappa shape index (κ1) is 12.5. The lowest BCUT2D eigenvalue weighted by Crippen LogP contribution is -2.46. The molecule has 0 aromatic heterocycles. The van der Waals surface area contributed by atoms with E-state index >= 15 is 0 Å². The van der Waals surface area contributed by atoms with Gasteiger partial charge in [-0.15, -0.1) is 0 Å². The summed E-state index contributed by atoms with van der Waals surface area (Å²) in [6.45, 7) is 2.21. The van der Waals surface area contributed by atoms with Gasteiger partial charge in [0.15, 0.2) is 0 Å². The van der Waals surface area contributed by atoms with Gasteiger partial charge in [-0.25, -0.2) is 0 Å². The molecule has 6 atom stereocenters. The first-order valence-corrected chi connectivity index (χ1v) is 7.69. The molecule has 3 fully saturated rings. The van der Waals surface area contributed by atoms with Crippen LogP contribution < -0.4 is 11.1 Å². The maximum Gasteiger partial charge on any atom is 0.223 e. The van der Waals surface area contributed by atoms with Crippen LogP contribution in [-0.2, 0) is 4.79 Å². The maximum absolute atomic E-state index is 12.4. The van der Waals surface area contributed by atoms with Crippen LogP contribution in [0.1, 0.15) is 51.9 Å². The van der Waals surface area contributed by atoms with Crippen LogP contribution in [0.2, 0.25) is 0 Å². The van der Waals surface area contributed by atoms with Crippen molar-refractivity contribution in [3.8, 4) is 0 Å². The summed E-state index contributed by atoms with van der Waals surface area (Å²) in [6.07, 6.45) is 8.37. The van der Waals surface area contributed by atoms with Crippen molar-refractivity contribution in [3.05, 3.63) is 0 Å². The summed E-state index contributed by atoms with van der Waals surface area (Å²) in [5, 5.41) is 3.34. The van der Waals surface area contributed by atoms with Crippen molar-refractivity contribution in [2.75, 3.05) is 0 Å². The Kier molecular flexibility index (Phi) is 3.35. The number of carbonyl (C=O) groups excluding carboxylic acids is 1. The Balaban J connectivity index is 1.57. The van der Waals surface area contributed by atoms with Gasteiger partial charge in [-0.1, -0.05) is 13.3 Å². The highest BCUT2D eigenvalue weighted by atomic mass is 16.2. The molecule has 0 aromatic carbocycles. The number of carbonyl (C=O) groups is 1. The third-order valence-electron chi connectivity index (χ3n) is 5.64. The average molecular weight is 250 g/mol. The van der Waals surface area contributed by atoms with Crippen molar-refractivity contribution in [3.63, 3.8) is 0 Å². The fourth-order valence-electron chi connectivity index (χ4n) is 4.43. The normalized spacial score (nSPS) is 47.2. The average Bonchev–Trinajstić information content (AvgIpc) is 2.94. The third kappa shape index (κ3) is 2.29. The van der Waals surface area contributed by atoms with Crippen LogP contribution in [0.5, 0.6) is 0 Å². The van der Waals surface area contributed by atoms with E-state index in [2.05, 4.69) is 12.2 Å². The number of hydrogen-bond donors (Lipinski definition) is 2. The molecule has 102 valence electrons. The van der Waals surface area contributed by atoms with Crippen LogP contribution in [0.3, 0.4) is 0 Å². The van der Waals surface area contributed by atoms with E-state index in [1.54, 1.807) is 0 Å². The molecule has 3 nitrogen and oxygen atoms in total. The van der Waals surface area contributed by atoms with Crippen LogP contribution in [-0.4, -0.2) is 18.0 Å². The summed E-state index contributed by atoms with van der Waals surface area (Å²) in [6, 6.07) is 0.707. The van der Waals surface area contributed by atoms with Gasteiger partial charge in [0.05, 0.1) is 0 Å². The molecular weight excluding hydrogens is 224 g/mol. The smallest absolute Gasteiger partial charge is 0.223 e. The Hall–Kier alpha value is -0.570. The molecule has 3 heteroatoms. The molecule has 2 bridgehead atoms. The summed E-state index contributed by atoms with van der Waals surface area (Å²) in [4.78, 5) is 12.4. The minimum Gasteiger partial charge on any atom is -0.353 e. The van der Waals surface area contributed by atoms with Crippen LogP contribution in [0.15, 0.2) is 0 Å². The van der Waals surface area contributed by atoms with Gasteiger partial charge in [0.2, 0.25) is 5.91 Å². The fraction of sp³-hybridized carbons (Fsp3) is 0.933. The maximum atomic E-state index is 12.4. The first-order chi connectivity index (χ1) is 8.63. The molecule has 18 heavy (non-hydrogen) atoms. The molecule has 0 radical (unpaired) electrons. The van der Waals surface area contributed by atoms with Gasteiger partial charge >= 0.3 is 0 Å². The van der Waals surface area contributed by atoms with Crippen LogP contribution >= 0.6 is 0 Å². The molecule has 3 saturated carbocycles. The molecule has 3 rings (SSSR count). The summed E-state index contributed by atoms with van der Waals surface area (Å²) in [5.41, 5.74) is 6.01. The largest absolute Gasteiger partial charge is 0.353 e. The molecule has 0 spiro atoms. The van der Waals surface area contributed by atoms with E-state index in [0.29, 0.717) is 12.0 Å². The standard InChI is InChI=1S/C15H26N2O/c1-9-2-5-12(16)8-13(9)15(18)17-14-7-10-3-4-11(14)6-10/h9-14H,2-8,16H2,1H3,(H,17,18). The Labute approximate surface area is 110 Å². The minimum absolute atomic E-state index is 0.160. The van der Waals surface area contributed by atoms with Crippen molar-refractivity contribution in [1.82, 2.24) is 5.32 Å². The van der Waals surface area contributed by atoms with E-state index in [1.165, 1.54) is 25.7 Å². The van der Waals surface area contributed by atoms with Gasteiger partial charge in [0.25, 0.3) is 0 Å². The summed E-state index contributed by atoms with van der Waals surface area (Å²) in [5.74, 6) is 2.62. The molecule has 3 aliphatic rings. The zero-order valence-electron chi connectivity index (χ0n) is 11.4. The number of rotatable bonds is 2. The van der Waals surface area contributed by atoms with E-state index in [4.69, 9.17) is 5.73 Å². The van der Waals surface area contributed by atoms with Gasteiger partial charge in [0, 0.05) is 18.0 Å². The predicted octanol–water partition coefficient (Wildman–Crippen LogP) is 2.05. The van der Waals surface area contributed by atoms with Gasteiger partial charge in [0.1, 0.15) is 0 Å². The van der Waals surface area contributed by atoms with Gasteiger partial charge in [-0.05, 0) is 56.3 Å². The lowest BCUT2D eigenvalue weighted by Gasteiger charge is -2.33. The van der Waals surface area contributed by atoms with Crippen LogP contribution in [0, 0.1) is 23.7 Å². The quantitative estimate of drug-likeness (QED) is 0.788. The van der Waals surface area contributed by atoms with Gasteiger partial charge in [-0.2, -0.15) is 0 Å². The second-order valence-corrected chi connectivity index (χ2v) is 6.95. The van der Waals surface area contributed by atoms with Gasteiger partial charge < -0.3 is 11.1 Å². The van der Waals surface area contributed by atoms with Crippen molar-refractivity contribution < 1.29 is 4.79 Å². The van der Waals surface area contributed by atoms with E-state index in [9.17, 15) is 4.79 Å². The second kappa shape index (κ2) is 4.84. The Morgan fingerprint density at radius 1 is 1.11 bits per heavy atom. The third-order valence-corrected chi connectivity index (χ3v) is 5.64. The Bertz CT molecular complexity index is 330. The van der Waals surface area contributed by atoms with E-state index in [0.717, 1.165) is 31.1 Å². The zero-order valence-corrected chi connectivity index (χ0v) is 11.4. The van der Waals surface area contributed by atoms with Gasteiger partial charge in [-0.3, -0.25) is 4.79 Å². The second-order valence-electron chi connectivity index (χ2n) is 6.95. The molecular formula is C15H26N2O. The molecule has 6 unspecified atom stereocenters. The molecule has 0 saturated heterocycles. The van der Waals surface area contributed by atoms with Crippen molar-refractivity contribution in [1.29, 1.82) is 0 Å². The minimum atomic E-state index is 0.160. The SMILES string of the molecule is CC1CCC(N)CC1C(=O)NC1CC2CCC1C2. The number of amides is 1. The van der Waals surface area contributed by atoms with E-state index in [1.807, 2.05) is 0 Å². The van der Waals surface area contributed by atoms with Crippen molar-refractivity contribution in [2.24, 2.45) is 29.4 Å². The highest BCUT2D eigenvalue weighted by Gasteiger charge is 2.41. The van der Waals surface area contributed by atoms with E-state index in [-0.39, 0.29) is 17.9 Å². The lowest BCUT2D eigenvalue weighted by atomic mass is 9.77. The zero-order chi connectivity index (χ0) is 12.7. The number of fused-ring (bicyclic) bond motifs is 2. The number of nitrogens with one attached hydrogen (secondary N) is 1. The topological polar surface area (TPSA) is 55.1 Å². The van der Waals surface area contributed by atoms with E-state index < -0.39 is 0 Å². The number of nitrogens with two attached hydrogens (primary N) is 1. The summed E-state index contributed by atoms with van der Waals surface area (Å²) >= 11 is 0. The first-order valence-electron chi connectivity index (χ1n) is 7.69. The molecule has 0 aliphatic heterocycles. The van der Waals surface area contributed by atoms with Crippen LogP contribution in [0.4, 0.5) is 0 Å². The molecule has 0 aromatic rings. The Morgan fingerprint density at radius 2 is 1.94 bits per heavy atom. The predicted molar refractivity (Wildman–Crippen MR) is 71.9 cm³/mol. The Morgan fingerprint density at radius 3 is 2.61 bits per heavy atom. The molecule has 3 aliphatic carbocycles.